The van der Waals surface area contributed by atoms with E-state index < -0.39 is 0 Å². The molecule has 7 heteroatoms. The summed E-state index contributed by atoms with van der Waals surface area (Å²) in [5.41, 5.74) is 4.64. The lowest BCUT2D eigenvalue weighted by atomic mass is 9.79. The van der Waals surface area contributed by atoms with Crippen LogP contribution in [0.5, 0.6) is 0 Å². The van der Waals surface area contributed by atoms with Gasteiger partial charge in [0, 0.05) is 31.4 Å². The number of benzene rings is 1. The number of pyridine rings is 1. The number of aromatic nitrogens is 1. The SMILES string of the molecule is C=C(/C=C(\C=C/C)C1CCC1)CNC(=O)c1ccc2c(c1)C(C#N)COC2.c1ccc(N2CCOCC2)nc1. The van der Waals surface area contributed by atoms with Crippen molar-refractivity contribution in [3.8, 4) is 6.07 Å². The Morgan fingerprint density at radius 1 is 1.23 bits per heavy atom. The number of allylic oxidation sites excluding steroid dienone is 3. The summed E-state index contributed by atoms with van der Waals surface area (Å²) in [4.78, 5) is 19.1. The lowest BCUT2D eigenvalue weighted by Gasteiger charge is -2.27. The zero-order chi connectivity index (χ0) is 27.5. The molecule has 1 aliphatic carbocycles. The first kappa shape index (κ1) is 28.3. The number of hydrogen-bond donors (Lipinski definition) is 1. The summed E-state index contributed by atoms with van der Waals surface area (Å²) < 4.78 is 10.7. The number of carbonyl (C=O) groups excluding carboxylic acids is 1. The Labute approximate surface area is 231 Å². The van der Waals surface area contributed by atoms with Gasteiger partial charge >= 0.3 is 0 Å². The Morgan fingerprint density at radius 2 is 2.05 bits per heavy atom. The lowest BCUT2D eigenvalue weighted by molar-refractivity contribution is 0.0952. The first-order valence-corrected chi connectivity index (χ1v) is 13.7. The molecule has 3 heterocycles. The highest BCUT2D eigenvalue weighted by Crippen LogP contribution is 2.34. The quantitative estimate of drug-likeness (QED) is 0.491. The first-order valence-electron chi connectivity index (χ1n) is 13.7. The van der Waals surface area contributed by atoms with Crippen LogP contribution in [0.3, 0.4) is 0 Å². The molecular formula is C32H38N4O3. The fourth-order valence-corrected chi connectivity index (χ4v) is 4.83. The second kappa shape index (κ2) is 14.4. The number of hydrogen-bond acceptors (Lipinski definition) is 6. The van der Waals surface area contributed by atoms with Crippen LogP contribution in [0.25, 0.3) is 0 Å². The van der Waals surface area contributed by atoms with Gasteiger partial charge in [0.05, 0.1) is 38.4 Å². The smallest absolute Gasteiger partial charge is 0.251 e. The van der Waals surface area contributed by atoms with Crippen LogP contribution in [0, 0.1) is 17.2 Å². The van der Waals surface area contributed by atoms with Crippen LogP contribution in [0.1, 0.15) is 53.6 Å². The third-order valence-corrected chi connectivity index (χ3v) is 7.25. The van der Waals surface area contributed by atoms with E-state index >= 15 is 0 Å². The highest BCUT2D eigenvalue weighted by Gasteiger charge is 2.22. The average Bonchev–Trinajstić information content (AvgIpc) is 2.96. The number of fused-ring (bicyclic) bond motifs is 1. The van der Waals surface area contributed by atoms with Crippen LogP contribution in [0.2, 0.25) is 0 Å². The summed E-state index contributed by atoms with van der Waals surface area (Å²) in [5, 5.41) is 12.2. The molecule has 1 unspecified atom stereocenters. The predicted octanol–water partition coefficient (Wildman–Crippen LogP) is 5.33. The number of ether oxygens (including phenoxy) is 2. The van der Waals surface area contributed by atoms with Crippen molar-refractivity contribution >= 4 is 11.7 Å². The van der Waals surface area contributed by atoms with Gasteiger partial charge in [0.1, 0.15) is 5.82 Å². The summed E-state index contributed by atoms with van der Waals surface area (Å²) in [5.74, 6) is 1.22. The van der Waals surface area contributed by atoms with Crippen molar-refractivity contribution in [3.63, 3.8) is 0 Å². The molecule has 2 aliphatic heterocycles. The van der Waals surface area contributed by atoms with E-state index in [1.54, 1.807) is 6.07 Å². The van der Waals surface area contributed by atoms with E-state index in [1.807, 2.05) is 43.5 Å². The van der Waals surface area contributed by atoms with Crippen LogP contribution in [-0.2, 0) is 16.1 Å². The summed E-state index contributed by atoms with van der Waals surface area (Å²) in [6.07, 6.45) is 11.9. The van der Waals surface area contributed by atoms with Crippen LogP contribution in [0.15, 0.2) is 78.5 Å². The van der Waals surface area contributed by atoms with Crippen LogP contribution < -0.4 is 10.2 Å². The number of nitriles is 1. The van der Waals surface area contributed by atoms with Crippen molar-refractivity contribution < 1.29 is 14.3 Å². The van der Waals surface area contributed by atoms with E-state index in [9.17, 15) is 10.1 Å². The molecule has 1 N–H and O–H groups in total. The summed E-state index contributed by atoms with van der Waals surface area (Å²) in [6, 6.07) is 13.7. The fraction of sp³-hybridized carbons (Fsp3) is 0.406. The van der Waals surface area contributed by atoms with Gasteiger partial charge in [0.2, 0.25) is 0 Å². The first-order chi connectivity index (χ1) is 19.1. The Hall–Kier alpha value is -3.73. The largest absolute Gasteiger partial charge is 0.378 e. The number of nitrogens with one attached hydrogen (secondary N) is 1. The van der Waals surface area contributed by atoms with Crippen LogP contribution in [-0.4, -0.2) is 50.3 Å². The number of morpholine rings is 1. The third kappa shape index (κ3) is 7.89. The van der Waals surface area contributed by atoms with E-state index in [2.05, 4.69) is 46.1 Å². The molecule has 3 aliphatic rings. The summed E-state index contributed by atoms with van der Waals surface area (Å²) in [7, 11) is 0. The summed E-state index contributed by atoms with van der Waals surface area (Å²) >= 11 is 0. The Bertz CT molecular complexity index is 1220. The minimum Gasteiger partial charge on any atom is -0.378 e. The van der Waals surface area contributed by atoms with Gasteiger partial charge in [-0.3, -0.25) is 4.79 Å². The van der Waals surface area contributed by atoms with E-state index in [0.29, 0.717) is 31.2 Å². The normalized spacial score (nSPS) is 19.2. The molecule has 1 atom stereocenters. The fourth-order valence-electron chi connectivity index (χ4n) is 4.83. The average molecular weight is 527 g/mol. The minimum atomic E-state index is -0.315. The van der Waals surface area contributed by atoms with Crippen molar-refractivity contribution in [1.29, 1.82) is 5.26 Å². The van der Waals surface area contributed by atoms with Crippen molar-refractivity contribution in [2.75, 3.05) is 44.4 Å². The molecule has 0 spiro atoms. The molecule has 0 bridgehead atoms. The maximum atomic E-state index is 12.5. The maximum absolute atomic E-state index is 12.5. The zero-order valence-electron chi connectivity index (χ0n) is 22.8. The second-order valence-corrected chi connectivity index (χ2v) is 10.0. The number of carbonyl (C=O) groups is 1. The Kier molecular flexibility index (Phi) is 10.5. The Morgan fingerprint density at radius 3 is 2.72 bits per heavy atom. The van der Waals surface area contributed by atoms with Crippen molar-refractivity contribution in [1.82, 2.24) is 10.3 Å². The molecule has 0 radical (unpaired) electrons. The number of amides is 1. The molecule has 1 aromatic carbocycles. The molecule has 2 fully saturated rings. The molecule has 1 saturated heterocycles. The van der Waals surface area contributed by atoms with Gasteiger partial charge in [-0.25, -0.2) is 4.98 Å². The van der Waals surface area contributed by atoms with Gasteiger partial charge in [-0.1, -0.05) is 43.4 Å². The number of rotatable bonds is 7. The van der Waals surface area contributed by atoms with Gasteiger partial charge in [0.15, 0.2) is 0 Å². The molecule has 2 aromatic rings. The summed E-state index contributed by atoms with van der Waals surface area (Å²) in [6.45, 7) is 10.9. The zero-order valence-corrected chi connectivity index (χ0v) is 22.8. The molecule has 1 aromatic heterocycles. The van der Waals surface area contributed by atoms with Crippen molar-refractivity contribution in [2.24, 2.45) is 5.92 Å². The molecule has 204 valence electrons. The highest BCUT2D eigenvalue weighted by molar-refractivity contribution is 5.94. The van der Waals surface area contributed by atoms with Crippen LogP contribution in [0.4, 0.5) is 5.82 Å². The van der Waals surface area contributed by atoms with E-state index in [4.69, 9.17) is 9.47 Å². The molecule has 39 heavy (non-hydrogen) atoms. The molecule has 5 rings (SSSR count). The van der Waals surface area contributed by atoms with E-state index in [0.717, 1.165) is 48.8 Å². The van der Waals surface area contributed by atoms with E-state index in [1.165, 1.54) is 24.8 Å². The van der Waals surface area contributed by atoms with Crippen LogP contribution >= 0.6 is 0 Å². The highest BCUT2D eigenvalue weighted by atomic mass is 16.5. The maximum Gasteiger partial charge on any atom is 0.251 e. The monoisotopic (exact) mass is 526 g/mol. The Balaban J connectivity index is 0.000000243. The third-order valence-electron chi connectivity index (χ3n) is 7.25. The second-order valence-electron chi connectivity index (χ2n) is 10.0. The van der Waals surface area contributed by atoms with Gasteiger partial charge in [-0.15, -0.1) is 0 Å². The standard InChI is InChI=1S/C23H26N2O2.C9H12N2O/c1-3-5-18(17-6-4-7-17)10-16(2)13-25-23(26)19-8-9-20-14-27-15-21(12-24)22(20)11-19;1-2-4-10-9(3-1)11-5-7-12-8-6-11/h3,5,8-11,17,21H,2,4,6-7,13-15H2,1H3,(H,25,26);1-4H,5-8H2/b5-3-,18-10+;. The molecule has 1 amide bonds. The van der Waals surface area contributed by atoms with Gasteiger partial charge in [-0.05, 0) is 72.2 Å². The topological polar surface area (TPSA) is 87.5 Å². The molecular weight excluding hydrogens is 488 g/mol. The minimum absolute atomic E-state index is 0.147. The van der Waals surface area contributed by atoms with Gasteiger partial charge in [0.25, 0.3) is 5.91 Å². The van der Waals surface area contributed by atoms with Gasteiger partial charge in [-0.2, -0.15) is 5.26 Å². The number of nitrogens with zero attached hydrogens (tertiary/aromatic N) is 3. The van der Waals surface area contributed by atoms with Gasteiger partial charge < -0.3 is 19.7 Å². The number of anilines is 1. The van der Waals surface area contributed by atoms with Crippen molar-refractivity contribution in [2.45, 2.75) is 38.7 Å². The predicted molar refractivity (Wildman–Crippen MR) is 153 cm³/mol. The lowest BCUT2D eigenvalue weighted by Crippen LogP contribution is -2.36. The van der Waals surface area contributed by atoms with E-state index in [-0.39, 0.29) is 11.8 Å². The van der Waals surface area contributed by atoms with Crippen molar-refractivity contribution in [3.05, 3.63) is 95.2 Å². The molecule has 1 saturated carbocycles. The molecule has 7 nitrogen and oxygen atoms in total.